The number of sulfonamides is 1. The molecular weight excluding hydrogens is 562 g/mol. The molecule has 0 radical (unpaired) electrons. The Morgan fingerprint density at radius 1 is 1.10 bits per heavy atom. The van der Waals surface area contributed by atoms with Gasteiger partial charge in [0.05, 0.1) is 41.5 Å². The molecule has 1 saturated carbocycles. The maximum absolute atomic E-state index is 12.8. The van der Waals surface area contributed by atoms with Gasteiger partial charge in [-0.2, -0.15) is 0 Å². The second-order valence-corrected chi connectivity index (χ2v) is 14.8. The molecule has 13 heteroatoms. The summed E-state index contributed by atoms with van der Waals surface area (Å²) in [6, 6.07) is 1.78. The molecule has 0 atom stereocenters. The van der Waals surface area contributed by atoms with Crippen LogP contribution in [0.2, 0.25) is 0 Å². The van der Waals surface area contributed by atoms with Crippen LogP contribution in [0.5, 0.6) is 5.88 Å². The van der Waals surface area contributed by atoms with E-state index in [9.17, 15) is 8.42 Å². The van der Waals surface area contributed by atoms with Crippen LogP contribution >= 0.6 is 11.3 Å². The van der Waals surface area contributed by atoms with Crippen molar-refractivity contribution in [3.63, 3.8) is 0 Å². The Hall–Kier alpha value is -2.58. The first-order valence-electron chi connectivity index (χ1n) is 14.3. The molecule has 1 N–H and O–H groups in total. The van der Waals surface area contributed by atoms with Crippen LogP contribution in [0.1, 0.15) is 39.2 Å². The van der Waals surface area contributed by atoms with Crippen LogP contribution in [0.25, 0.3) is 21.5 Å². The summed E-state index contributed by atoms with van der Waals surface area (Å²) < 4.78 is 40.2. The summed E-state index contributed by atoms with van der Waals surface area (Å²) in [5.41, 5.74) is 4.08. The molecule has 2 saturated heterocycles. The van der Waals surface area contributed by atoms with Crippen LogP contribution < -0.4 is 14.4 Å². The molecule has 222 valence electrons. The van der Waals surface area contributed by atoms with Crippen molar-refractivity contribution in [2.24, 2.45) is 0 Å². The second kappa shape index (κ2) is 11.3. The number of nitrogens with one attached hydrogen (secondary N) is 1. The molecule has 3 aliphatic rings. The number of ether oxygens (including phenoxy) is 2. The summed E-state index contributed by atoms with van der Waals surface area (Å²) in [6.07, 6.45) is 3.04. The van der Waals surface area contributed by atoms with E-state index >= 15 is 0 Å². The van der Waals surface area contributed by atoms with Gasteiger partial charge in [-0.05, 0) is 45.1 Å². The van der Waals surface area contributed by atoms with E-state index in [0.29, 0.717) is 56.3 Å². The van der Waals surface area contributed by atoms with Gasteiger partial charge in [-0.3, -0.25) is 14.5 Å². The summed E-state index contributed by atoms with van der Waals surface area (Å²) in [7, 11) is -2.01. The monoisotopic (exact) mass is 601 g/mol. The van der Waals surface area contributed by atoms with Gasteiger partial charge in [0.15, 0.2) is 0 Å². The van der Waals surface area contributed by atoms with E-state index in [1.807, 2.05) is 0 Å². The fourth-order valence-electron chi connectivity index (χ4n) is 5.42. The summed E-state index contributed by atoms with van der Waals surface area (Å²) in [4.78, 5) is 21.8. The van der Waals surface area contributed by atoms with E-state index in [1.165, 1.54) is 12.7 Å². The predicted molar refractivity (Wildman–Crippen MR) is 162 cm³/mol. The maximum Gasteiger partial charge on any atom is 0.238 e. The second-order valence-electron chi connectivity index (χ2n) is 12.0. The van der Waals surface area contributed by atoms with Crippen molar-refractivity contribution in [3.05, 3.63) is 23.2 Å². The van der Waals surface area contributed by atoms with E-state index in [1.54, 1.807) is 23.6 Å². The highest BCUT2D eigenvalue weighted by atomic mass is 32.2. The molecule has 6 rings (SSSR count). The predicted octanol–water partition coefficient (Wildman–Crippen LogP) is 3.42. The molecule has 0 unspecified atom stereocenters. The molecule has 11 nitrogen and oxygen atoms in total. The highest BCUT2D eigenvalue weighted by molar-refractivity contribution is 7.93. The van der Waals surface area contributed by atoms with E-state index in [-0.39, 0.29) is 16.7 Å². The molecule has 41 heavy (non-hydrogen) atoms. The van der Waals surface area contributed by atoms with Gasteiger partial charge in [-0.15, -0.1) is 11.3 Å². The van der Waals surface area contributed by atoms with Crippen molar-refractivity contribution in [1.29, 1.82) is 0 Å². The minimum absolute atomic E-state index is 0.175. The molecule has 2 aliphatic heterocycles. The van der Waals surface area contributed by atoms with Gasteiger partial charge < -0.3 is 14.4 Å². The smallest absolute Gasteiger partial charge is 0.238 e. The van der Waals surface area contributed by atoms with E-state index in [4.69, 9.17) is 19.4 Å². The normalized spacial score (nSPS) is 19.6. The van der Waals surface area contributed by atoms with Crippen molar-refractivity contribution in [3.8, 4) is 17.1 Å². The number of thiophene rings is 1. The number of morpholine rings is 1. The molecular formula is C28H39N7O4S2. The van der Waals surface area contributed by atoms with Gasteiger partial charge >= 0.3 is 0 Å². The third kappa shape index (κ3) is 6.14. The lowest BCUT2D eigenvalue weighted by molar-refractivity contribution is 0.0593. The van der Waals surface area contributed by atoms with Gasteiger partial charge in [0, 0.05) is 68.7 Å². The third-order valence-corrected chi connectivity index (χ3v) is 10.9. The third-order valence-electron chi connectivity index (χ3n) is 8.02. The molecule has 5 heterocycles. The van der Waals surface area contributed by atoms with Gasteiger partial charge in [0.1, 0.15) is 5.69 Å². The molecule has 0 bridgehead atoms. The van der Waals surface area contributed by atoms with Gasteiger partial charge in [0.25, 0.3) is 0 Å². The maximum atomic E-state index is 12.8. The molecule has 3 aromatic heterocycles. The molecule has 0 aromatic carbocycles. The van der Waals surface area contributed by atoms with Crippen molar-refractivity contribution in [1.82, 2.24) is 24.8 Å². The summed E-state index contributed by atoms with van der Waals surface area (Å²) in [6.45, 7) is 14.4. The number of rotatable bonds is 8. The fraction of sp³-hybridized carbons (Fsp3) is 0.607. The van der Waals surface area contributed by atoms with Crippen LogP contribution in [0.4, 0.5) is 11.6 Å². The quantitative estimate of drug-likeness (QED) is 0.412. The van der Waals surface area contributed by atoms with Crippen LogP contribution in [0.15, 0.2) is 17.6 Å². The van der Waals surface area contributed by atoms with Crippen LogP contribution in [0, 0.1) is 0 Å². The van der Waals surface area contributed by atoms with Crippen LogP contribution in [-0.4, -0.2) is 104 Å². The molecule has 0 spiro atoms. The number of hydrogen-bond acceptors (Lipinski definition) is 11. The molecule has 1 aliphatic carbocycles. The molecule has 0 amide bonds. The first-order valence-corrected chi connectivity index (χ1v) is 16.7. The Balaban J connectivity index is 1.36. The lowest BCUT2D eigenvalue weighted by Crippen LogP contribution is -2.53. The lowest BCUT2D eigenvalue weighted by Gasteiger charge is -2.42. The van der Waals surface area contributed by atoms with E-state index in [0.717, 1.165) is 48.6 Å². The van der Waals surface area contributed by atoms with Gasteiger partial charge in [-0.1, -0.05) is 0 Å². The summed E-state index contributed by atoms with van der Waals surface area (Å²) in [5, 5.41) is 1.83. The van der Waals surface area contributed by atoms with E-state index < -0.39 is 10.0 Å². The zero-order valence-electron chi connectivity index (χ0n) is 24.2. The topological polar surface area (TPSA) is 113 Å². The van der Waals surface area contributed by atoms with Gasteiger partial charge in [0.2, 0.25) is 21.9 Å². The fourth-order valence-corrected chi connectivity index (χ4v) is 7.80. The largest absolute Gasteiger partial charge is 0.480 e. The number of hydrogen-bond donors (Lipinski definition) is 1. The van der Waals surface area contributed by atoms with Crippen molar-refractivity contribution in [2.75, 3.05) is 69.2 Å². The Morgan fingerprint density at radius 3 is 2.49 bits per heavy atom. The van der Waals surface area contributed by atoms with Crippen molar-refractivity contribution < 1.29 is 17.9 Å². The highest BCUT2D eigenvalue weighted by Crippen LogP contribution is 2.38. The van der Waals surface area contributed by atoms with Crippen LogP contribution in [0.3, 0.4) is 0 Å². The zero-order chi connectivity index (χ0) is 28.8. The Kier molecular flexibility index (Phi) is 7.83. The van der Waals surface area contributed by atoms with Crippen molar-refractivity contribution >= 4 is 43.2 Å². The number of fused-ring (bicyclic) bond motifs is 1. The van der Waals surface area contributed by atoms with Crippen molar-refractivity contribution in [2.45, 2.75) is 50.9 Å². The highest BCUT2D eigenvalue weighted by Gasteiger charge is 2.36. The Bertz CT molecular complexity index is 1500. The Labute approximate surface area is 245 Å². The summed E-state index contributed by atoms with van der Waals surface area (Å²) >= 11 is 1.63. The number of anilines is 2. The average Bonchev–Trinajstić information content (AvgIpc) is 3.76. The van der Waals surface area contributed by atoms with E-state index in [2.05, 4.69) is 50.6 Å². The van der Waals surface area contributed by atoms with Crippen LogP contribution in [-0.2, 0) is 21.3 Å². The standard InChI is InChI=1S/C28H39N7O4S2/c1-28(2,3)35-9-7-33(8-10-35)17-20-18-40-25-23(30-27(31-24(20)25)34-11-13-39-14-12-34)19-15-22(26(38-4)29-16-19)32-41(36,37)21-5-6-21/h15-16,18,21,32H,5-14,17H2,1-4H3. The first-order chi connectivity index (χ1) is 19.6. The Morgan fingerprint density at radius 2 is 1.83 bits per heavy atom. The van der Waals surface area contributed by atoms with Gasteiger partial charge in [-0.25, -0.2) is 23.4 Å². The zero-order valence-corrected chi connectivity index (χ0v) is 25.9. The molecule has 3 aromatic rings. The molecule has 3 fully saturated rings. The number of piperazine rings is 1. The number of methoxy groups -OCH3 is 1. The first kappa shape index (κ1) is 28.5. The average molecular weight is 602 g/mol. The SMILES string of the molecule is COc1ncc(-c2nc(N3CCOCC3)nc3c(CN4CCN(C(C)(C)C)CC4)csc23)cc1NS(=O)(=O)C1CC1. The minimum Gasteiger partial charge on any atom is -0.480 e. The lowest BCUT2D eigenvalue weighted by atomic mass is 10.0. The number of aromatic nitrogens is 3. The minimum atomic E-state index is -3.50. The number of nitrogens with zero attached hydrogens (tertiary/aromatic N) is 6. The summed E-state index contributed by atoms with van der Waals surface area (Å²) in [5.74, 6) is 0.891. The number of pyridine rings is 1.